The Bertz CT molecular complexity index is 1370. The van der Waals surface area contributed by atoms with Gasteiger partial charge >= 0.3 is 12.1 Å². The Morgan fingerprint density at radius 1 is 1.18 bits per heavy atom. The molecule has 0 saturated heterocycles. The third kappa shape index (κ3) is 8.34. The number of carbonyl (C=O) groups is 2. The number of benzene rings is 2. The highest BCUT2D eigenvalue weighted by Crippen LogP contribution is 2.30. The number of nitrogen functional groups attached to an aromatic ring is 1. The van der Waals surface area contributed by atoms with Gasteiger partial charge < -0.3 is 26.0 Å². The molecule has 0 saturated carbocycles. The number of aromatic carboxylic acids is 1. The molecule has 1 amide bonds. The molecular formula is C25H25F3N6O3S. The van der Waals surface area contributed by atoms with Crippen molar-refractivity contribution < 1.29 is 27.9 Å². The van der Waals surface area contributed by atoms with Gasteiger partial charge in [0.1, 0.15) is 4.88 Å². The predicted molar refractivity (Wildman–Crippen MR) is 139 cm³/mol. The van der Waals surface area contributed by atoms with Gasteiger partial charge in [-0.3, -0.25) is 4.79 Å². The number of alkyl halides is 3. The second-order valence-corrected chi connectivity index (χ2v) is 9.05. The van der Waals surface area contributed by atoms with Crippen LogP contribution in [0.3, 0.4) is 0 Å². The summed E-state index contributed by atoms with van der Waals surface area (Å²) in [4.78, 5) is 30.8. The van der Waals surface area contributed by atoms with Crippen LogP contribution in [0.5, 0.6) is 0 Å². The average molecular weight is 547 g/mol. The number of imidazole rings is 1. The first-order chi connectivity index (χ1) is 18.0. The lowest BCUT2D eigenvalue weighted by Crippen LogP contribution is -2.13. The fraction of sp³-hybridized carbons (Fsp3) is 0.200. The SMILES string of the molecule is Cc1ccc(C(=O)Nc2cccc(C(F)(F)F)c2)cc1N.O=C(O)c1cnc(NCCCn2ccnc2)s1. The molecule has 4 aromatic rings. The number of carbonyl (C=O) groups excluding carboxylic acids is 1. The molecule has 4 rings (SSSR count). The van der Waals surface area contributed by atoms with Crippen molar-refractivity contribution >= 4 is 39.7 Å². The van der Waals surface area contributed by atoms with Crippen molar-refractivity contribution in [2.24, 2.45) is 0 Å². The van der Waals surface area contributed by atoms with Crippen molar-refractivity contribution in [2.75, 3.05) is 22.9 Å². The van der Waals surface area contributed by atoms with Crippen LogP contribution in [0.2, 0.25) is 0 Å². The molecule has 200 valence electrons. The molecule has 0 fully saturated rings. The van der Waals surface area contributed by atoms with Crippen molar-refractivity contribution in [3.8, 4) is 0 Å². The van der Waals surface area contributed by atoms with Gasteiger partial charge in [-0.1, -0.05) is 23.5 Å². The minimum Gasteiger partial charge on any atom is -0.477 e. The van der Waals surface area contributed by atoms with Crippen LogP contribution in [0.25, 0.3) is 0 Å². The van der Waals surface area contributed by atoms with Crippen LogP contribution < -0.4 is 16.4 Å². The zero-order chi connectivity index (χ0) is 27.7. The number of thiazole rings is 1. The molecule has 0 atom stereocenters. The maximum Gasteiger partial charge on any atom is 0.416 e. The van der Waals surface area contributed by atoms with Crippen molar-refractivity contribution in [3.05, 3.63) is 88.9 Å². The number of nitrogens with one attached hydrogen (secondary N) is 2. The number of halogens is 3. The van der Waals surface area contributed by atoms with Gasteiger partial charge in [0.25, 0.3) is 5.91 Å². The number of aryl methyl sites for hydroxylation is 2. The lowest BCUT2D eigenvalue weighted by atomic mass is 10.1. The molecule has 0 bridgehead atoms. The third-order valence-corrected chi connectivity index (χ3v) is 6.08. The Kier molecular flexibility index (Phi) is 9.44. The normalized spacial score (nSPS) is 10.8. The Hall–Kier alpha value is -4.39. The molecule has 0 aliphatic carbocycles. The first-order valence-electron chi connectivity index (χ1n) is 11.3. The van der Waals surface area contributed by atoms with E-state index >= 15 is 0 Å². The van der Waals surface area contributed by atoms with Gasteiger partial charge in [-0.05, 0) is 49.2 Å². The number of carboxylic acid groups (broad SMARTS) is 1. The monoisotopic (exact) mass is 546 g/mol. The number of anilines is 3. The van der Waals surface area contributed by atoms with Gasteiger partial charge in [-0.2, -0.15) is 13.2 Å². The summed E-state index contributed by atoms with van der Waals surface area (Å²) >= 11 is 1.15. The van der Waals surface area contributed by atoms with E-state index in [2.05, 4.69) is 20.6 Å². The van der Waals surface area contributed by atoms with Crippen LogP contribution in [0, 0.1) is 6.92 Å². The number of amides is 1. The molecule has 2 aromatic heterocycles. The quantitative estimate of drug-likeness (QED) is 0.172. The summed E-state index contributed by atoms with van der Waals surface area (Å²) in [5, 5.41) is 14.9. The maximum atomic E-state index is 12.6. The summed E-state index contributed by atoms with van der Waals surface area (Å²) in [5.74, 6) is -1.45. The van der Waals surface area contributed by atoms with Gasteiger partial charge in [0.05, 0.1) is 18.1 Å². The van der Waals surface area contributed by atoms with Gasteiger partial charge in [0.15, 0.2) is 5.13 Å². The molecule has 0 radical (unpaired) electrons. The van der Waals surface area contributed by atoms with E-state index in [0.717, 1.165) is 48.5 Å². The molecule has 0 aliphatic rings. The maximum absolute atomic E-state index is 12.6. The number of nitrogens with two attached hydrogens (primary N) is 1. The van der Waals surface area contributed by atoms with Gasteiger partial charge in [0.2, 0.25) is 0 Å². The Balaban J connectivity index is 0.000000215. The molecule has 0 unspecified atom stereocenters. The molecule has 0 aliphatic heterocycles. The van der Waals surface area contributed by atoms with E-state index in [0.29, 0.717) is 10.8 Å². The zero-order valence-electron chi connectivity index (χ0n) is 20.2. The van der Waals surface area contributed by atoms with Crippen molar-refractivity contribution in [1.29, 1.82) is 0 Å². The first-order valence-corrected chi connectivity index (χ1v) is 12.1. The van der Waals surface area contributed by atoms with E-state index in [9.17, 15) is 22.8 Å². The highest BCUT2D eigenvalue weighted by Gasteiger charge is 2.30. The number of nitrogens with zero attached hydrogens (tertiary/aromatic N) is 3. The highest BCUT2D eigenvalue weighted by atomic mass is 32.1. The van der Waals surface area contributed by atoms with Gasteiger partial charge in [-0.25, -0.2) is 14.8 Å². The van der Waals surface area contributed by atoms with E-state index in [1.54, 1.807) is 31.6 Å². The largest absolute Gasteiger partial charge is 0.477 e. The summed E-state index contributed by atoms with van der Waals surface area (Å²) in [6.07, 6.45) is 3.27. The predicted octanol–water partition coefficient (Wildman–Crippen LogP) is 5.39. The summed E-state index contributed by atoms with van der Waals surface area (Å²) < 4.78 is 39.8. The van der Waals surface area contributed by atoms with E-state index in [1.807, 2.05) is 10.8 Å². The van der Waals surface area contributed by atoms with Gasteiger partial charge in [0, 0.05) is 42.4 Å². The molecule has 9 nitrogen and oxygen atoms in total. The Morgan fingerprint density at radius 2 is 1.97 bits per heavy atom. The van der Waals surface area contributed by atoms with Gasteiger partial charge in [-0.15, -0.1) is 0 Å². The fourth-order valence-corrected chi connectivity index (χ4v) is 3.77. The van der Waals surface area contributed by atoms with Crippen molar-refractivity contribution in [2.45, 2.75) is 26.1 Å². The van der Waals surface area contributed by atoms with E-state index in [4.69, 9.17) is 10.8 Å². The summed E-state index contributed by atoms with van der Waals surface area (Å²) in [6, 6.07) is 9.19. The minimum absolute atomic E-state index is 0.0778. The number of hydrogen-bond donors (Lipinski definition) is 4. The molecular weight excluding hydrogens is 521 g/mol. The lowest BCUT2D eigenvalue weighted by molar-refractivity contribution is -0.137. The molecule has 2 heterocycles. The second kappa shape index (κ2) is 12.7. The molecule has 13 heteroatoms. The van der Waals surface area contributed by atoms with Crippen LogP contribution in [0.4, 0.5) is 29.7 Å². The van der Waals surface area contributed by atoms with Crippen LogP contribution in [-0.4, -0.2) is 38.1 Å². The Labute approximate surface area is 220 Å². The molecule has 5 N–H and O–H groups in total. The number of hydrogen-bond acceptors (Lipinski definition) is 7. The number of rotatable bonds is 8. The lowest BCUT2D eigenvalue weighted by Gasteiger charge is -2.10. The highest BCUT2D eigenvalue weighted by molar-refractivity contribution is 7.17. The molecule has 38 heavy (non-hydrogen) atoms. The average Bonchev–Trinajstić information content (AvgIpc) is 3.56. The molecule has 2 aromatic carbocycles. The summed E-state index contributed by atoms with van der Waals surface area (Å²) in [6.45, 7) is 3.43. The smallest absolute Gasteiger partial charge is 0.416 e. The fourth-order valence-electron chi connectivity index (χ4n) is 3.09. The topological polar surface area (TPSA) is 135 Å². The van der Waals surface area contributed by atoms with Crippen LogP contribution >= 0.6 is 11.3 Å². The van der Waals surface area contributed by atoms with Crippen LogP contribution in [0.15, 0.2) is 67.4 Å². The number of aromatic nitrogens is 3. The first kappa shape index (κ1) is 28.2. The summed E-state index contributed by atoms with van der Waals surface area (Å²) in [7, 11) is 0. The van der Waals surface area contributed by atoms with E-state index < -0.39 is 23.6 Å². The summed E-state index contributed by atoms with van der Waals surface area (Å²) in [5.41, 5.74) is 6.53. The zero-order valence-corrected chi connectivity index (χ0v) is 21.0. The van der Waals surface area contributed by atoms with Crippen LogP contribution in [0.1, 0.15) is 37.6 Å². The van der Waals surface area contributed by atoms with E-state index in [1.165, 1.54) is 24.4 Å². The molecule has 0 spiro atoms. The minimum atomic E-state index is -4.45. The van der Waals surface area contributed by atoms with Crippen molar-refractivity contribution in [3.63, 3.8) is 0 Å². The second-order valence-electron chi connectivity index (χ2n) is 8.02. The standard InChI is InChI=1S/C15H13F3N2O.C10H12N4O2S/c1-9-5-6-10(7-13(9)19)14(21)20-12-4-2-3-11(8-12)15(16,17)18;15-9(16)8-6-13-10(17-8)12-2-1-4-14-5-3-11-7-14/h2-8H,19H2,1H3,(H,20,21);3,5-7H,1-2,4H2,(H,12,13)(H,15,16). The third-order valence-electron chi connectivity index (χ3n) is 5.13. The Morgan fingerprint density at radius 3 is 2.61 bits per heavy atom. The van der Waals surface area contributed by atoms with Crippen molar-refractivity contribution in [1.82, 2.24) is 14.5 Å². The number of carboxylic acids is 1. The van der Waals surface area contributed by atoms with Crippen LogP contribution in [-0.2, 0) is 12.7 Å². The van der Waals surface area contributed by atoms with E-state index in [-0.39, 0.29) is 16.1 Å².